The lowest BCUT2D eigenvalue weighted by molar-refractivity contribution is -0.670. The van der Waals surface area contributed by atoms with Gasteiger partial charge in [0.1, 0.15) is 12.4 Å². The van der Waals surface area contributed by atoms with Crippen LogP contribution in [0.1, 0.15) is 26.7 Å². The van der Waals surface area contributed by atoms with Crippen LogP contribution < -0.4 is 28.5 Å². The maximum absolute atomic E-state index is 12.3. The number of nitrogens with zero attached hydrogens (tertiary/aromatic N) is 3. The van der Waals surface area contributed by atoms with E-state index in [1.165, 1.54) is 0 Å². The summed E-state index contributed by atoms with van der Waals surface area (Å²) in [5.74, 6) is 0.623. The number of likely N-dealkylation sites (tertiary alicyclic amines) is 1. The molecule has 1 saturated heterocycles. The number of rotatable bonds is 1. The molecule has 1 fully saturated rings. The average Bonchev–Trinajstić information content (AvgIpc) is 2.83. The topological polar surface area (TPSA) is 29.1 Å². The van der Waals surface area contributed by atoms with Crippen molar-refractivity contribution in [3.63, 3.8) is 0 Å². The van der Waals surface area contributed by atoms with Crippen LogP contribution in [0, 0.1) is 5.92 Å². The van der Waals surface area contributed by atoms with Gasteiger partial charge < -0.3 is 28.9 Å². The number of imidazole rings is 1. The summed E-state index contributed by atoms with van der Waals surface area (Å²) in [6.07, 6.45) is 7.69. The van der Waals surface area contributed by atoms with Crippen molar-refractivity contribution in [2.24, 2.45) is 13.0 Å². The molecular formula is C12H20IN3O. The molecule has 2 rings (SSSR count). The fourth-order valence-corrected chi connectivity index (χ4v) is 2.58. The molecule has 1 aliphatic rings. The Balaban J connectivity index is 0.00000144. The van der Waals surface area contributed by atoms with Gasteiger partial charge in [-0.25, -0.2) is 9.36 Å². The average molecular weight is 349 g/mol. The molecule has 1 aromatic rings. The molecule has 1 aromatic heterocycles. The smallest absolute Gasteiger partial charge is 0.416 e. The van der Waals surface area contributed by atoms with Gasteiger partial charge in [0.2, 0.25) is 0 Å². The molecule has 2 unspecified atom stereocenters. The first-order chi connectivity index (χ1) is 7.63. The first kappa shape index (κ1) is 14.5. The van der Waals surface area contributed by atoms with E-state index >= 15 is 0 Å². The van der Waals surface area contributed by atoms with E-state index in [9.17, 15) is 4.79 Å². The van der Waals surface area contributed by atoms with E-state index in [0.717, 1.165) is 19.4 Å². The molecule has 0 saturated carbocycles. The van der Waals surface area contributed by atoms with Gasteiger partial charge >= 0.3 is 6.03 Å². The fourth-order valence-electron chi connectivity index (χ4n) is 2.58. The quantitative estimate of drug-likeness (QED) is 0.444. The summed E-state index contributed by atoms with van der Waals surface area (Å²) >= 11 is 0. The van der Waals surface area contributed by atoms with Gasteiger partial charge in [-0.15, -0.1) is 0 Å². The maximum atomic E-state index is 12.3. The molecule has 0 spiro atoms. The van der Waals surface area contributed by atoms with Gasteiger partial charge in [-0.05, 0) is 18.8 Å². The molecule has 2 atom stereocenters. The molecule has 0 radical (unpaired) electrons. The van der Waals surface area contributed by atoms with E-state index in [2.05, 4.69) is 13.8 Å². The van der Waals surface area contributed by atoms with Crippen LogP contribution in [0.5, 0.6) is 0 Å². The SMILES string of the molecule is CCC1C(C)CCN1C(=O)n1cc[n+](C)c1.[I-]. The van der Waals surface area contributed by atoms with Crippen molar-refractivity contribution < 1.29 is 33.3 Å². The predicted octanol–water partition coefficient (Wildman–Crippen LogP) is -1.59. The van der Waals surface area contributed by atoms with E-state index in [0.29, 0.717) is 12.0 Å². The van der Waals surface area contributed by atoms with E-state index in [1.54, 1.807) is 4.57 Å². The summed E-state index contributed by atoms with van der Waals surface area (Å²) in [6.45, 7) is 5.28. The van der Waals surface area contributed by atoms with Crippen LogP contribution in [-0.2, 0) is 7.05 Å². The minimum absolute atomic E-state index is 0. The van der Waals surface area contributed by atoms with E-state index in [4.69, 9.17) is 0 Å². The van der Waals surface area contributed by atoms with E-state index in [-0.39, 0.29) is 30.0 Å². The summed E-state index contributed by atoms with van der Waals surface area (Å²) in [6, 6.07) is 0.511. The molecule has 4 nitrogen and oxygen atoms in total. The molecule has 1 aliphatic heterocycles. The first-order valence-electron chi connectivity index (χ1n) is 5.97. The number of halogens is 1. The van der Waals surface area contributed by atoms with Gasteiger partial charge in [0.25, 0.3) is 6.33 Å². The lowest BCUT2D eigenvalue weighted by Crippen LogP contribution is -3.00. The van der Waals surface area contributed by atoms with Crippen molar-refractivity contribution in [1.82, 2.24) is 9.47 Å². The number of hydrogen-bond donors (Lipinski definition) is 0. The standard InChI is InChI=1S/C12H20N3O.HI/c1-4-11-10(2)5-6-15(11)12(16)14-8-7-13(3)9-14;/h7-11H,4-6H2,1-3H3;1H/q+1;/p-1. The fraction of sp³-hybridized carbons (Fsp3) is 0.667. The van der Waals surface area contributed by atoms with Gasteiger partial charge in [-0.3, -0.25) is 0 Å². The second-order valence-electron chi connectivity index (χ2n) is 4.70. The lowest BCUT2D eigenvalue weighted by atomic mass is 10.0. The zero-order valence-corrected chi connectivity index (χ0v) is 12.8. The molecule has 5 heteroatoms. The molecule has 0 N–H and O–H groups in total. The highest BCUT2D eigenvalue weighted by Gasteiger charge is 2.35. The third kappa shape index (κ3) is 2.81. The first-order valence-corrected chi connectivity index (χ1v) is 5.97. The molecule has 0 aromatic carbocycles. The third-order valence-corrected chi connectivity index (χ3v) is 3.54. The summed E-state index contributed by atoms with van der Waals surface area (Å²) in [5.41, 5.74) is 0. The lowest BCUT2D eigenvalue weighted by Gasteiger charge is -2.23. The van der Waals surface area contributed by atoms with Gasteiger partial charge in [0, 0.05) is 12.6 Å². The highest BCUT2D eigenvalue weighted by atomic mass is 127. The molecule has 0 aliphatic carbocycles. The maximum Gasteiger partial charge on any atom is 0.416 e. The number of aromatic nitrogens is 2. The van der Waals surface area contributed by atoms with Crippen molar-refractivity contribution in [3.8, 4) is 0 Å². The van der Waals surface area contributed by atoms with Crippen LogP contribution in [0.4, 0.5) is 4.79 Å². The zero-order chi connectivity index (χ0) is 11.7. The Kier molecular flexibility index (Phi) is 4.97. The number of carbonyl (C=O) groups is 1. The van der Waals surface area contributed by atoms with Crippen LogP contribution in [0.3, 0.4) is 0 Å². The molecular weight excluding hydrogens is 329 g/mol. The van der Waals surface area contributed by atoms with Gasteiger partial charge in [0.15, 0.2) is 0 Å². The van der Waals surface area contributed by atoms with Crippen molar-refractivity contribution in [3.05, 3.63) is 18.7 Å². The van der Waals surface area contributed by atoms with Gasteiger partial charge in [-0.2, -0.15) is 4.57 Å². The summed E-state index contributed by atoms with van der Waals surface area (Å²) in [4.78, 5) is 14.3. The van der Waals surface area contributed by atoms with Gasteiger partial charge in [0.05, 0.1) is 7.05 Å². The number of amides is 1. The van der Waals surface area contributed by atoms with Crippen molar-refractivity contribution in [2.75, 3.05) is 6.54 Å². The minimum atomic E-state index is 0. The highest BCUT2D eigenvalue weighted by molar-refractivity contribution is 5.77. The highest BCUT2D eigenvalue weighted by Crippen LogP contribution is 2.26. The van der Waals surface area contributed by atoms with Crippen LogP contribution >= 0.6 is 0 Å². The van der Waals surface area contributed by atoms with E-state index in [1.807, 2.05) is 35.2 Å². The van der Waals surface area contributed by atoms with Crippen molar-refractivity contribution in [2.45, 2.75) is 32.7 Å². The van der Waals surface area contributed by atoms with E-state index < -0.39 is 0 Å². The normalized spacial score (nSPS) is 23.6. The second kappa shape index (κ2) is 5.84. The number of hydrogen-bond acceptors (Lipinski definition) is 1. The molecule has 96 valence electrons. The monoisotopic (exact) mass is 349 g/mol. The third-order valence-electron chi connectivity index (χ3n) is 3.54. The Morgan fingerprint density at radius 3 is 2.76 bits per heavy atom. The number of carbonyl (C=O) groups excluding carboxylic acids is 1. The molecule has 1 amide bonds. The Labute approximate surface area is 120 Å². The Hall–Kier alpha value is -0.590. The van der Waals surface area contributed by atoms with Crippen LogP contribution in [-0.4, -0.2) is 28.1 Å². The summed E-state index contributed by atoms with van der Waals surface area (Å²) < 4.78 is 3.55. The Morgan fingerprint density at radius 2 is 2.24 bits per heavy atom. The van der Waals surface area contributed by atoms with Crippen LogP contribution in [0.2, 0.25) is 0 Å². The number of aryl methyl sites for hydroxylation is 1. The van der Waals surface area contributed by atoms with Gasteiger partial charge in [-0.1, -0.05) is 13.8 Å². The predicted molar refractivity (Wildman–Crippen MR) is 61.0 cm³/mol. The zero-order valence-electron chi connectivity index (χ0n) is 10.6. The molecule has 2 heterocycles. The Morgan fingerprint density at radius 1 is 1.53 bits per heavy atom. The summed E-state index contributed by atoms with van der Waals surface area (Å²) in [7, 11) is 1.92. The minimum Gasteiger partial charge on any atom is -1.00 e. The van der Waals surface area contributed by atoms with Crippen molar-refractivity contribution >= 4 is 6.03 Å². The Bertz CT molecular complexity index is 391. The molecule has 0 bridgehead atoms. The molecule has 17 heavy (non-hydrogen) atoms. The largest absolute Gasteiger partial charge is 1.00 e. The van der Waals surface area contributed by atoms with Crippen LogP contribution in [0.25, 0.3) is 0 Å². The van der Waals surface area contributed by atoms with Crippen molar-refractivity contribution in [1.29, 1.82) is 0 Å². The summed E-state index contributed by atoms with van der Waals surface area (Å²) in [5, 5.41) is 0. The van der Waals surface area contributed by atoms with Crippen LogP contribution in [0.15, 0.2) is 18.7 Å². The second-order valence-corrected chi connectivity index (χ2v) is 4.70.